The van der Waals surface area contributed by atoms with Gasteiger partial charge in [-0.05, 0) is 50.2 Å². The maximum atomic E-state index is 10.3. The standard InChI is InChI=1S/C24H34N2O3/c1-25(16-20-6-4-3-5-7-20)18-23(27)19-29-24-10-8-21(9-11-24)17-26(2)22-12-14-28-15-13-22/h3-11,22-23,27H,12-19H2,1-2H3/t23-/m0/s1. The fourth-order valence-electron chi connectivity index (χ4n) is 3.80. The van der Waals surface area contributed by atoms with E-state index in [1.807, 2.05) is 37.4 Å². The summed E-state index contributed by atoms with van der Waals surface area (Å²) in [6.07, 6.45) is 1.69. The van der Waals surface area contributed by atoms with E-state index in [0.29, 0.717) is 19.2 Å². The van der Waals surface area contributed by atoms with Gasteiger partial charge in [-0.3, -0.25) is 9.80 Å². The Morgan fingerprint density at radius 1 is 0.966 bits per heavy atom. The molecule has 0 aromatic heterocycles. The lowest BCUT2D eigenvalue weighted by atomic mass is 10.1. The van der Waals surface area contributed by atoms with Gasteiger partial charge in [0.1, 0.15) is 18.5 Å². The summed E-state index contributed by atoms with van der Waals surface area (Å²) >= 11 is 0. The average molecular weight is 399 g/mol. The van der Waals surface area contributed by atoms with Crippen molar-refractivity contribution in [3.05, 3.63) is 65.7 Å². The van der Waals surface area contributed by atoms with Crippen molar-refractivity contribution in [2.75, 3.05) is 40.5 Å². The molecule has 0 saturated carbocycles. The molecule has 0 aliphatic carbocycles. The van der Waals surface area contributed by atoms with E-state index in [2.05, 4.69) is 41.1 Å². The molecule has 1 aliphatic heterocycles. The second kappa shape index (κ2) is 11.3. The third-order valence-corrected chi connectivity index (χ3v) is 5.43. The van der Waals surface area contributed by atoms with Gasteiger partial charge in [-0.1, -0.05) is 42.5 Å². The number of likely N-dealkylation sites (N-methyl/N-ethyl adjacent to an activating group) is 1. The fourth-order valence-corrected chi connectivity index (χ4v) is 3.80. The molecule has 5 heteroatoms. The molecule has 5 nitrogen and oxygen atoms in total. The molecule has 1 atom stereocenters. The van der Waals surface area contributed by atoms with Gasteiger partial charge in [0.25, 0.3) is 0 Å². The highest BCUT2D eigenvalue weighted by atomic mass is 16.5. The first-order valence-electron chi connectivity index (χ1n) is 10.5. The Kier molecular flexibility index (Phi) is 8.50. The number of aliphatic hydroxyl groups is 1. The average Bonchev–Trinajstić information content (AvgIpc) is 2.74. The molecule has 1 aliphatic rings. The van der Waals surface area contributed by atoms with E-state index in [4.69, 9.17) is 9.47 Å². The zero-order chi connectivity index (χ0) is 20.5. The Morgan fingerprint density at radius 3 is 2.31 bits per heavy atom. The molecule has 158 valence electrons. The lowest BCUT2D eigenvalue weighted by Crippen LogP contribution is -2.36. The van der Waals surface area contributed by atoms with Crippen LogP contribution in [-0.4, -0.2) is 67.5 Å². The summed E-state index contributed by atoms with van der Waals surface area (Å²) in [5.74, 6) is 0.798. The van der Waals surface area contributed by atoms with Crippen LogP contribution in [-0.2, 0) is 17.8 Å². The summed E-state index contributed by atoms with van der Waals surface area (Å²) in [6, 6.07) is 19.1. The molecule has 0 spiro atoms. The van der Waals surface area contributed by atoms with Crippen molar-refractivity contribution in [1.82, 2.24) is 9.80 Å². The molecule has 1 N–H and O–H groups in total. The third-order valence-electron chi connectivity index (χ3n) is 5.43. The molecule has 0 bridgehead atoms. The molecule has 1 heterocycles. The van der Waals surface area contributed by atoms with Crippen molar-refractivity contribution in [1.29, 1.82) is 0 Å². The zero-order valence-electron chi connectivity index (χ0n) is 17.7. The molecule has 2 aromatic rings. The highest BCUT2D eigenvalue weighted by Crippen LogP contribution is 2.18. The molecular weight excluding hydrogens is 364 g/mol. The van der Waals surface area contributed by atoms with Crippen LogP contribution in [0, 0.1) is 0 Å². The Labute approximate surface area is 174 Å². The second-order valence-corrected chi connectivity index (χ2v) is 8.05. The molecule has 2 aromatic carbocycles. The summed E-state index contributed by atoms with van der Waals surface area (Å²) in [4.78, 5) is 4.52. The number of aliphatic hydroxyl groups excluding tert-OH is 1. The molecule has 1 fully saturated rings. The Hall–Kier alpha value is -1.92. The summed E-state index contributed by atoms with van der Waals surface area (Å²) in [5.41, 5.74) is 2.51. The molecule has 29 heavy (non-hydrogen) atoms. The van der Waals surface area contributed by atoms with Gasteiger partial charge in [0, 0.05) is 38.9 Å². The highest BCUT2D eigenvalue weighted by Gasteiger charge is 2.18. The zero-order valence-corrected chi connectivity index (χ0v) is 17.7. The first-order valence-corrected chi connectivity index (χ1v) is 10.5. The van der Waals surface area contributed by atoms with Crippen LogP contribution in [0.2, 0.25) is 0 Å². The van der Waals surface area contributed by atoms with Crippen molar-refractivity contribution >= 4 is 0 Å². The molecule has 1 saturated heterocycles. The van der Waals surface area contributed by atoms with Gasteiger partial charge in [-0.2, -0.15) is 0 Å². The van der Waals surface area contributed by atoms with Crippen LogP contribution in [0.15, 0.2) is 54.6 Å². The smallest absolute Gasteiger partial charge is 0.119 e. The van der Waals surface area contributed by atoms with Crippen LogP contribution in [0.25, 0.3) is 0 Å². The van der Waals surface area contributed by atoms with Crippen molar-refractivity contribution in [3.63, 3.8) is 0 Å². The molecule has 0 unspecified atom stereocenters. The first-order chi connectivity index (χ1) is 14.1. The monoisotopic (exact) mass is 398 g/mol. The number of rotatable bonds is 10. The minimum atomic E-state index is -0.525. The van der Waals surface area contributed by atoms with Crippen LogP contribution >= 0.6 is 0 Å². The summed E-state index contributed by atoms with van der Waals surface area (Å²) < 4.78 is 11.2. The number of hydrogen-bond acceptors (Lipinski definition) is 5. The third kappa shape index (κ3) is 7.44. The number of nitrogens with zero attached hydrogens (tertiary/aromatic N) is 2. The van der Waals surface area contributed by atoms with Crippen molar-refractivity contribution < 1.29 is 14.6 Å². The van der Waals surface area contributed by atoms with Gasteiger partial charge in [0.15, 0.2) is 0 Å². The minimum absolute atomic E-state index is 0.292. The minimum Gasteiger partial charge on any atom is -0.491 e. The van der Waals surface area contributed by atoms with Crippen LogP contribution in [0.4, 0.5) is 0 Å². The molecular formula is C24H34N2O3. The summed E-state index contributed by atoms with van der Waals surface area (Å²) in [5, 5.41) is 10.3. The van der Waals surface area contributed by atoms with E-state index >= 15 is 0 Å². The molecule has 0 amide bonds. The number of hydrogen-bond donors (Lipinski definition) is 1. The lowest BCUT2D eigenvalue weighted by Gasteiger charge is -2.31. The van der Waals surface area contributed by atoms with Crippen LogP contribution in [0.5, 0.6) is 5.75 Å². The van der Waals surface area contributed by atoms with Crippen LogP contribution in [0.3, 0.4) is 0 Å². The lowest BCUT2D eigenvalue weighted by molar-refractivity contribution is 0.0407. The van der Waals surface area contributed by atoms with Crippen molar-refractivity contribution in [2.24, 2.45) is 0 Å². The van der Waals surface area contributed by atoms with Gasteiger partial charge in [0.05, 0.1) is 0 Å². The van der Waals surface area contributed by atoms with E-state index in [1.54, 1.807) is 0 Å². The van der Waals surface area contributed by atoms with E-state index in [1.165, 1.54) is 11.1 Å². The predicted octanol–water partition coefficient (Wildman–Crippen LogP) is 3.17. The van der Waals surface area contributed by atoms with Gasteiger partial charge >= 0.3 is 0 Å². The molecule has 3 rings (SSSR count). The second-order valence-electron chi connectivity index (χ2n) is 8.05. The quantitative estimate of drug-likeness (QED) is 0.666. The maximum absolute atomic E-state index is 10.3. The van der Waals surface area contributed by atoms with E-state index < -0.39 is 6.10 Å². The number of benzene rings is 2. The van der Waals surface area contributed by atoms with Crippen molar-refractivity contribution in [3.8, 4) is 5.75 Å². The largest absolute Gasteiger partial charge is 0.491 e. The van der Waals surface area contributed by atoms with Gasteiger partial charge in [-0.25, -0.2) is 0 Å². The van der Waals surface area contributed by atoms with Crippen LogP contribution in [0.1, 0.15) is 24.0 Å². The van der Waals surface area contributed by atoms with Gasteiger partial charge in [0.2, 0.25) is 0 Å². The summed E-state index contributed by atoms with van der Waals surface area (Å²) in [7, 11) is 4.20. The number of ether oxygens (including phenoxy) is 2. The van der Waals surface area contributed by atoms with E-state index in [-0.39, 0.29) is 0 Å². The fraction of sp³-hybridized carbons (Fsp3) is 0.500. The van der Waals surface area contributed by atoms with Crippen LogP contribution < -0.4 is 4.74 Å². The summed E-state index contributed by atoms with van der Waals surface area (Å²) in [6.45, 7) is 4.34. The Bertz CT molecular complexity index is 702. The first kappa shape index (κ1) is 21.8. The van der Waals surface area contributed by atoms with Crippen molar-refractivity contribution in [2.45, 2.75) is 38.1 Å². The maximum Gasteiger partial charge on any atom is 0.119 e. The van der Waals surface area contributed by atoms with Gasteiger partial charge < -0.3 is 14.6 Å². The Morgan fingerprint density at radius 2 is 1.62 bits per heavy atom. The normalized spacial score (nSPS) is 16.3. The SMILES string of the molecule is CN(Cc1ccccc1)C[C@H](O)COc1ccc(CN(C)C2CCOCC2)cc1. The highest BCUT2D eigenvalue weighted by molar-refractivity contribution is 5.27. The Balaban J connectivity index is 1.38. The van der Waals surface area contributed by atoms with Gasteiger partial charge in [-0.15, -0.1) is 0 Å². The molecule has 0 radical (unpaired) electrons. The van der Waals surface area contributed by atoms with E-state index in [9.17, 15) is 5.11 Å². The predicted molar refractivity (Wildman–Crippen MR) is 116 cm³/mol. The van der Waals surface area contributed by atoms with E-state index in [0.717, 1.165) is 44.9 Å². The topological polar surface area (TPSA) is 45.2 Å².